The number of carbonyl (C=O) groups excluding carboxylic acids is 2. The Morgan fingerprint density at radius 2 is 2.19 bits per heavy atom. The Labute approximate surface area is 162 Å². The molecule has 1 amide bonds. The molecule has 1 atom stereocenters. The van der Waals surface area contributed by atoms with Crippen LogP contribution in [0.2, 0.25) is 0 Å². The van der Waals surface area contributed by atoms with Crippen molar-refractivity contribution in [2.75, 3.05) is 6.61 Å². The van der Waals surface area contributed by atoms with E-state index in [2.05, 4.69) is 15.5 Å². The molecule has 7 nitrogen and oxygen atoms in total. The number of pyridine rings is 1. The summed E-state index contributed by atoms with van der Waals surface area (Å²) in [5.74, 6) is 1.05. The molecule has 2 aromatic heterocycles. The van der Waals surface area contributed by atoms with Crippen molar-refractivity contribution in [1.29, 1.82) is 0 Å². The third kappa shape index (κ3) is 5.09. The number of esters is 1. The van der Waals surface area contributed by atoms with Crippen LogP contribution in [-0.4, -0.2) is 34.7 Å². The summed E-state index contributed by atoms with van der Waals surface area (Å²) in [5.41, 5.74) is 2.15. The minimum atomic E-state index is -0.557. The second kappa shape index (κ2) is 8.56. The zero-order valence-electron chi connectivity index (χ0n) is 15.7. The van der Waals surface area contributed by atoms with Crippen LogP contribution in [0.5, 0.6) is 0 Å². The van der Waals surface area contributed by atoms with Crippen LogP contribution in [0.1, 0.15) is 47.1 Å². The Morgan fingerprint density at radius 1 is 1.41 bits per heavy atom. The highest BCUT2D eigenvalue weighted by atomic mass is 32.2. The first-order valence-electron chi connectivity index (χ1n) is 8.91. The van der Waals surface area contributed by atoms with Gasteiger partial charge in [0.2, 0.25) is 0 Å². The van der Waals surface area contributed by atoms with Gasteiger partial charge in [-0.25, -0.2) is 9.78 Å². The van der Waals surface area contributed by atoms with E-state index >= 15 is 0 Å². The fourth-order valence-electron chi connectivity index (χ4n) is 2.73. The van der Waals surface area contributed by atoms with Gasteiger partial charge in [-0.1, -0.05) is 5.16 Å². The van der Waals surface area contributed by atoms with Crippen LogP contribution in [0, 0.1) is 19.8 Å². The van der Waals surface area contributed by atoms with Gasteiger partial charge in [0.25, 0.3) is 5.91 Å². The third-order valence-electron chi connectivity index (χ3n) is 4.58. The van der Waals surface area contributed by atoms with Crippen molar-refractivity contribution in [3.05, 3.63) is 40.9 Å². The molecule has 0 aromatic carbocycles. The number of hydrogen-bond donors (Lipinski definition) is 1. The van der Waals surface area contributed by atoms with Gasteiger partial charge in [0.05, 0.1) is 11.3 Å². The predicted molar refractivity (Wildman–Crippen MR) is 100 cm³/mol. The van der Waals surface area contributed by atoms with Crippen molar-refractivity contribution in [3.63, 3.8) is 0 Å². The van der Waals surface area contributed by atoms with Crippen molar-refractivity contribution >= 4 is 23.6 Å². The monoisotopic (exact) mass is 389 g/mol. The van der Waals surface area contributed by atoms with Gasteiger partial charge in [-0.15, -0.1) is 11.8 Å². The topological polar surface area (TPSA) is 94.3 Å². The van der Waals surface area contributed by atoms with Crippen molar-refractivity contribution in [2.24, 2.45) is 5.92 Å². The summed E-state index contributed by atoms with van der Waals surface area (Å²) >= 11 is 1.41. The van der Waals surface area contributed by atoms with E-state index < -0.39 is 5.97 Å². The maximum absolute atomic E-state index is 12.4. The molecule has 0 spiro atoms. The van der Waals surface area contributed by atoms with Gasteiger partial charge >= 0.3 is 5.97 Å². The second-order valence-electron chi connectivity index (χ2n) is 6.72. The number of aromatic nitrogens is 2. The molecule has 0 saturated heterocycles. The van der Waals surface area contributed by atoms with Crippen molar-refractivity contribution in [1.82, 2.24) is 15.5 Å². The van der Waals surface area contributed by atoms with E-state index in [1.807, 2.05) is 20.8 Å². The molecule has 0 unspecified atom stereocenters. The van der Waals surface area contributed by atoms with Crippen LogP contribution in [0.4, 0.5) is 0 Å². The number of thioether (sulfide) groups is 1. The summed E-state index contributed by atoms with van der Waals surface area (Å²) in [4.78, 5) is 28.6. The van der Waals surface area contributed by atoms with Crippen LogP contribution in [0.3, 0.4) is 0 Å². The van der Waals surface area contributed by atoms with Crippen LogP contribution >= 0.6 is 11.8 Å². The Kier molecular flexibility index (Phi) is 6.15. The fourth-order valence-corrected chi connectivity index (χ4v) is 3.86. The van der Waals surface area contributed by atoms with E-state index in [9.17, 15) is 9.59 Å². The lowest BCUT2D eigenvalue weighted by molar-refractivity contribution is -0.125. The number of nitrogens with zero attached hydrogens (tertiary/aromatic N) is 2. The van der Waals surface area contributed by atoms with E-state index in [1.165, 1.54) is 11.8 Å². The van der Waals surface area contributed by atoms with Gasteiger partial charge in [-0.05, 0) is 51.7 Å². The fraction of sp³-hybridized carbons (Fsp3) is 0.474. The summed E-state index contributed by atoms with van der Waals surface area (Å²) < 4.78 is 10.3. The Bertz CT molecular complexity index is 813. The maximum Gasteiger partial charge on any atom is 0.341 e. The van der Waals surface area contributed by atoms with Crippen LogP contribution in [0.25, 0.3) is 0 Å². The normalized spacial score (nSPS) is 14.6. The quantitative estimate of drug-likeness (QED) is 0.548. The van der Waals surface area contributed by atoms with Gasteiger partial charge < -0.3 is 14.6 Å². The second-order valence-corrected chi connectivity index (χ2v) is 7.68. The molecular weight excluding hydrogens is 366 g/mol. The highest BCUT2D eigenvalue weighted by molar-refractivity contribution is 7.98. The molecule has 1 N–H and O–H groups in total. The lowest BCUT2D eigenvalue weighted by atomic mass is 10.2. The van der Waals surface area contributed by atoms with Crippen LogP contribution < -0.4 is 5.32 Å². The molecule has 2 aromatic rings. The standard InChI is InChI=1S/C19H23N3O4S/c1-11(14-6-7-14)21-17(23)9-25-19(24)15-5-4-8-20-18(15)27-10-16-12(2)22-26-13(16)3/h4-5,8,11,14H,6-7,9-10H2,1-3H3,(H,21,23)/t11-/m1/s1. The first-order chi connectivity index (χ1) is 13.0. The van der Waals surface area contributed by atoms with Gasteiger partial charge in [-0.3, -0.25) is 4.79 Å². The molecule has 1 aliphatic carbocycles. The summed E-state index contributed by atoms with van der Waals surface area (Å²) in [6.45, 7) is 5.41. The first-order valence-corrected chi connectivity index (χ1v) is 9.90. The lowest BCUT2D eigenvalue weighted by Crippen LogP contribution is -2.37. The number of ether oxygens (including phenoxy) is 1. The van der Waals surface area contributed by atoms with Crippen molar-refractivity contribution < 1.29 is 18.8 Å². The molecule has 1 saturated carbocycles. The highest BCUT2D eigenvalue weighted by Gasteiger charge is 2.29. The number of rotatable bonds is 8. The highest BCUT2D eigenvalue weighted by Crippen LogP contribution is 2.32. The Balaban J connectivity index is 1.57. The average Bonchev–Trinajstić information content (AvgIpc) is 3.45. The number of carbonyl (C=O) groups is 2. The predicted octanol–water partition coefficient (Wildman–Crippen LogP) is 3.05. The molecule has 1 fully saturated rings. The SMILES string of the molecule is Cc1noc(C)c1CSc1ncccc1C(=O)OCC(=O)N[C@H](C)C1CC1. The minimum absolute atomic E-state index is 0.121. The Morgan fingerprint density at radius 3 is 2.85 bits per heavy atom. The smallest absolute Gasteiger partial charge is 0.341 e. The van der Waals surface area contributed by atoms with E-state index in [0.717, 1.165) is 29.9 Å². The van der Waals surface area contributed by atoms with Crippen molar-refractivity contribution in [2.45, 2.75) is 50.4 Å². The van der Waals surface area contributed by atoms with E-state index in [-0.39, 0.29) is 18.6 Å². The average molecular weight is 389 g/mol. The Hall–Kier alpha value is -2.35. The van der Waals surface area contributed by atoms with E-state index in [4.69, 9.17) is 9.26 Å². The molecular formula is C19H23N3O4S. The molecule has 0 bridgehead atoms. The molecule has 27 heavy (non-hydrogen) atoms. The molecule has 0 radical (unpaired) electrons. The summed E-state index contributed by atoms with van der Waals surface area (Å²) in [6, 6.07) is 3.44. The largest absolute Gasteiger partial charge is 0.452 e. The zero-order chi connectivity index (χ0) is 19.4. The minimum Gasteiger partial charge on any atom is -0.452 e. The van der Waals surface area contributed by atoms with Gasteiger partial charge in [0.15, 0.2) is 6.61 Å². The lowest BCUT2D eigenvalue weighted by Gasteiger charge is -2.13. The van der Waals surface area contributed by atoms with E-state index in [0.29, 0.717) is 22.3 Å². The van der Waals surface area contributed by atoms with Gasteiger partial charge in [0, 0.05) is 23.6 Å². The molecule has 1 aliphatic rings. The molecule has 0 aliphatic heterocycles. The zero-order valence-corrected chi connectivity index (χ0v) is 16.5. The summed E-state index contributed by atoms with van der Waals surface area (Å²) in [6.07, 6.45) is 3.90. The number of nitrogens with one attached hydrogen (secondary N) is 1. The number of aryl methyl sites for hydroxylation is 2. The number of hydrogen-bond acceptors (Lipinski definition) is 7. The maximum atomic E-state index is 12.4. The molecule has 8 heteroatoms. The summed E-state index contributed by atoms with van der Waals surface area (Å²) in [7, 11) is 0. The van der Waals surface area contributed by atoms with Gasteiger partial charge in [0.1, 0.15) is 10.8 Å². The van der Waals surface area contributed by atoms with Crippen LogP contribution in [-0.2, 0) is 15.3 Å². The molecule has 144 valence electrons. The van der Waals surface area contributed by atoms with Gasteiger partial charge in [-0.2, -0.15) is 0 Å². The molecule has 2 heterocycles. The third-order valence-corrected chi connectivity index (χ3v) is 5.61. The van der Waals surface area contributed by atoms with Crippen molar-refractivity contribution in [3.8, 4) is 0 Å². The summed E-state index contributed by atoms with van der Waals surface area (Å²) in [5, 5.41) is 7.35. The molecule has 3 rings (SSSR count). The van der Waals surface area contributed by atoms with E-state index in [1.54, 1.807) is 18.3 Å². The number of amides is 1. The van der Waals surface area contributed by atoms with Crippen LogP contribution in [0.15, 0.2) is 27.9 Å². The first kappa shape index (κ1) is 19.4.